The van der Waals surface area contributed by atoms with Gasteiger partial charge in [-0.3, -0.25) is 14.4 Å². The molecule has 0 aliphatic carbocycles. The van der Waals surface area contributed by atoms with Crippen LogP contribution in [0, 0.1) is 5.92 Å². The fourth-order valence-corrected chi connectivity index (χ4v) is 3.75. The number of rotatable bonds is 8. The smallest absolute Gasteiger partial charge is 0.262 e. The maximum absolute atomic E-state index is 12.3. The van der Waals surface area contributed by atoms with E-state index in [9.17, 15) is 14.4 Å². The molecule has 0 radical (unpaired) electrons. The summed E-state index contributed by atoms with van der Waals surface area (Å²) < 4.78 is 5.50. The monoisotopic (exact) mass is 463 g/mol. The number of hydrogen-bond acceptors (Lipinski definition) is 4. The Kier molecular flexibility index (Phi) is 7.76. The van der Waals surface area contributed by atoms with Crippen LogP contribution < -0.4 is 20.3 Å². The summed E-state index contributed by atoms with van der Waals surface area (Å²) in [5.41, 5.74) is 1.16. The van der Waals surface area contributed by atoms with Gasteiger partial charge in [0.05, 0.1) is 5.92 Å². The SMILES string of the molecule is CCCNC(=O)C1CC(=O)N(c2ccc(OCC(=O)Nc3cc(Cl)cc(Cl)c3)cc2)C1. The predicted octanol–water partition coefficient (Wildman–Crippen LogP) is 3.89. The Bertz CT molecular complexity index is 945. The highest BCUT2D eigenvalue weighted by Crippen LogP contribution is 2.27. The van der Waals surface area contributed by atoms with Gasteiger partial charge >= 0.3 is 0 Å². The number of carbonyl (C=O) groups excluding carboxylic acids is 3. The van der Waals surface area contributed by atoms with Crippen LogP contribution in [0.3, 0.4) is 0 Å². The van der Waals surface area contributed by atoms with E-state index in [0.717, 1.165) is 6.42 Å². The van der Waals surface area contributed by atoms with E-state index in [4.69, 9.17) is 27.9 Å². The maximum Gasteiger partial charge on any atom is 0.262 e. The molecule has 164 valence electrons. The lowest BCUT2D eigenvalue weighted by molar-refractivity contribution is -0.126. The Morgan fingerprint density at radius 1 is 1.13 bits per heavy atom. The van der Waals surface area contributed by atoms with Crippen LogP contribution in [0.5, 0.6) is 5.75 Å². The molecule has 2 aromatic carbocycles. The van der Waals surface area contributed by atoms with Crippen LogP contribution in [-0.2, 0) is 14.4 Å². The van der Waals surface area contributed by atoms with E-state index in [-0.39, 0.29) is 36.7 Å². The second-order valence-corrected chi connectivity index (χ2v) is 8.06. The Labute approximate surface area is 190 Å². The van der Waals surface area contributed by atoms with Gasteiger partial charge in [0, 0.05) is 40.9 Å². The largest absolute Gasteiger partial charge is 0.484 e. The lowest BCUT2D eigenvalue weighted by Gasteiger charge is -2.17. The van der Waals surface area contributed by atoms with Crippen LogP contribution in [0.25, 0.3) is 0 Å². The standard InChI is InChI=1S/C22H23Cl2N3O4/c1-2-7-25-22(30)14-8-21(29)27(12-14)18-3-5-19(6-4-18)31-13-20(28)26-17-10-15(23)9-16(24)11-17/h3-6,9-11,14H,2,7-8,12-13H2,1H3,(H,25,30)(H,26,28). The highest BCUT2D eigenvalue weighted by Gasteiger charge is 2.34. The average molecular weight is 464 g/mol. The summed E-state index contributed by atoms with van der Waals surface area (Å²) in [5.74, 6) is -0.418. The summed E-state index contributed by atoms with van der Waals surface area (Å²) in [6.45, 7) is 2.73. The molecule has 2 aromatic rings. The molecule has 1 heterocycles. The van der Waals surface area contributed by atoms with Crippen LogP contribution in [0.4, 0.5) is 11.4 Å². The van der Waals surface area contributed by atoms with Crippen molar-refractivity contribution in [1.82, 2.24) is 5.32 Å². The van der Waals surface area contributed by atoms with Gasteiger partial charge in [-0.25, -0.2) is 0 Å². The highest BCUT2D eigenvalue weighted by molar-refractivity contribution is 6.35. The van der Waals surface area contributed by atoms with E-state index >= 15 is 0 Å². The quantitative estimate of drug-likeness (QED) is 0.621. The molecule has 3 amide bonds. The number of amides is 3. The molecule has 31 heavy (non-hydrogen) atoms. The lowest BCUT2D eigenvalue weighted by Crippen LogP contribution is -2.33. The molecule has 7 nitrogen and oxygen atoms in total. The number of hydrogen-bond donors (Lipinski definition) is 2. The summed E-state index contributed by atoms with van der Waals surface area (Å²) >= 11 is 11.8. The number of ether oxygens (including phenoxy) is 1. The topological polar surface area (TPSA) is 87.7 Å². The first kappa shape index (κ1) is 22.9. The average Bonchev–Trinajstić information content (AvgIpc) is 3.12. The molecule has 1 aliphatic rings. The van der Waals surface area contributed by atoms with Crippen LogP contribution in [0.2, 0.25) is 10.0 Å². The van der Waals surface area contributed by atoms with Crippen molar-refractivity contribution in [2.24, 2.45) is 5.92 Å². The Hall–Kier alpha value is -2.77. The summed E-state index contributed by atoms with van der Waals surface area (Å²) in [7, 11) is 0. The molecule has 3 rings (SSSR count). The molecule has 2 N–H and O–H groups in total. The normalized spacial score (nSPS) is 15.6. The van der Waals surface area contributed by atoms with Gasteiger partial charge in [0.2, 0.25) is 11.8 Å². The summed E-state index contributed by atoms with van der Waals surface area (Å²) in [6.07, 6.45) is 1.05. The molecule has 0 spiro atoms. The third-order valence-electron chi connectivity index (χ3n) is 4.71. The van der Waals surface area contributed by atoms with E-state index in [1.807, 2.05) is 6.92 Å². The van der Waals surface area contributed by atoms with E-state index < -0.39 is 0 Å². The zero-order valence-corrected chi connectivity index (χ0v) is 18.5. The fraction of sp³-hybridized carbons (Fsp3) is 0.318. The van der Waals surface area contributed by atoms with Crippen molar-refractivity contribution in [3.05, 3.63) is 52.5 Å². The van der Waals surface area contributed by atoms with Gasteiger partial charge in [0.1, 0.15) is 5.75 Å². The molecular weight excluding hydrogens is 441 g/mol. The summed E-state index contributed by atoms with van der Waals surface area (Å²) in [4.78, 5) is 38.1. The molecule has 0 aromatic heterocycles. The van der Waals surface area contributed by atoms with Crippen molar-refractivity contribution >= 4 is 52.3 Å². The number of anilines is 2. The van der Waals surface area contributed by atoms with Crippen LogP contribution >= 0.6 is 23.2 Å². The van der Waals surface area contributed by atoms with Crippen molar-refractivity contribution in [3.63, 3.8) is 0 Å². The number of halogens is 2. The van der Waals surface area contributed by atoms with Crippen LogP contribution in [0.15, 0.2) is 42.5 Å². The lowest BCUT2D eigenvalue weighted by atomic mass is 10.1. The molecular formula is C22H23Cl2N3O4. The second-order valence-electron chi connectivity index (χ2n) is 7.19. The first-order valence-electron chi connectivity index (χ1n) is 9.92. The Morgan fingerprint density at radius 2 is 1.81 bits per heavy atom. The first-order chi connectivity index (χ1) is 14.9. The number of carbonyl (C=O) groups is 3. The minimum Gasteiger partial charge on any atom is -0.484 e. The molecule has 1 fully saturated rings. The molecule has 1 unspecified atom stereocenters. The third kappa shape index (κ3) is 6.35. The number of nitrogens with zero attached hydrogens (tertiary/aromatic N) is 1. The van der Waals surface area contributed by atoms with Crippen molar-refractivity contribution in [2.45, 2.75) is 19.8 Å². The van der Waals surface area contributed by atoms with E-state index in [0.29, 0.717) is 40.3 Å². The van der Waals surface area contributed by atoms with Crippen molar-refractivity contribution < 1.29 is 19.1 Å². The van der Waals surface area contributed by atoms with Gasteiger partial charge in [-0.1, -0.05) is 30.1 Å². The third-order valence-corrected chi connectivity index (χ3v) is 5.15. The minimum atomic E-state index is -0.363. The molecule has 1 aliphatic heterocycles. The molecule has 9 heteroatoms. The first-order valence-corrected chi connectivity index (χ1v) is 10.7. The minimum absolute atomic E-state index is 0.0927. The van der Waals surface area contributed by atoms with Gasteiger partial charge < -0.3 is 20.3 Å². The molecule has 1 atom stereocenters. The van der Waals surface area contributed by atoms with Gasteiger partial charge in [0.25, 0.3) is 5.91 Å². The maximum atomic E-state index is 12.3. The van der Waals surface area contributed by atoms with Crippen molar-refractivity contribution in [2.75, 3.05) is 29.9 Å². The van der Waals surface area contributed by atoms with E-state index in [1.165, 1.54) is 0 Å². The molecule has 0 saturated carbocycles. The van der Waals surface area contributed by atoms with Crippen LogP contribution in [0.1, 0.15) is 19.8 Å². The molecule has 1 saturated heterocycles. The van der Waals surface area contributed by atoms with Crippen LogP contribution in [-0.4, -0.2) is 37.4 Å². The second kappa shape index (κ2) is 10.5. The number of benzene rings is 2. The van der Waals surface area contributed by atoms with Gasteiger partial charge in [-0.15, -0.1) is 0 Å². The Morgan fingerprint density at radius 3 is 2.45 bits per heavy atom. The van der Waals surface area contributed by atoms with E-state index in [2.05, 4.69) is 10.6 Å². The van der Waals surface area contributed by atoms with Gasteiger partial charge in [0.15, 0.2) is 6.61 Å². The van der Waals surface area contributed by atoms with Crippen molar-refractivity contribution in [3.8, 4) is 5.75 Å². The zero-order valence-electron chi connectivity index (χ0n) is 17.0. The van der Waals surface area contributed by atoms with Gasteiger partial charge in [-0.2, -0.15) is 0 Å². The van der Waals surface area contributed by atoms with Gasteiger partial charge in [-0.05, 0) is 48.9 Å². The number of nitrogens with one attached hydrogen (secondary N) is 2. The van der Waals surface area contributed by atoms with E-state index in [1.54, 1.807) is 47.4 Å². The summed E-state index contributed by atoms with van der Waals surface area (Å²) in [6, 6.07) is 11.6. The predicted molar refractivity (Wildman–Crippen MR) is 121 cm³/mol. The Balaban J connectivity index is 1.52. The zero-order chi connectivity index (χ0) is 22.4. The highest BCUT2D eigenvalue weighted by atomic mass is 35.5. The fourth-order valence-electron chi connectivity index (χ4n) is 3.22. The molecule has 0 bridgehead atoms. The van der Waals surface area contributed by atoms with Crippen molar-refractivity contribution in [1.29, 1.82) is 0 Å². The summed E-state index contributed by atoms with van der Waals surface area (Å²) in [5, 5.41) is 6.33.